The first-order valence-corrected chi connectivity index (χ1v) is 6.89. The van der Waals surface area contributed by atoms with E-state index in [1.807, 2.05) is 0 Å². The van der Waals surface area contributed by atoms with Gasteiger partial charge in [0, 0.05) is 17.0 Å². The molecule has 1 N–H and O–H groups in total. The molecule has 3 aromatic rings. The van der Waals surface area contributed by atoms with Crippen LogP contribution < -0.4 is 5.63 Å². The van der Waals surface area contributed by atoms with Crippen LogP contribution in [0, 0.1) is 0 Å². The van der Waals surface area contributed by atoms with Crippen LogP contribution in [0.5, 0.6) is 5.75 Å². The molecule has 0 spiro atoms. The van der Waals surface area contributed by atoms with Gasteiger partial charge in [0.15, 0.2) is 11.6 Å². The fourth-order valence-corrected chi connectivity index (χ4v) is 2.34. The fraction of sp³-hybridized carbons (Fsp3) is 0.0556. The third kappa shape index (κ3) is 2.64. The maximum Gasteiger partial charge on any atom is 0.347 e. The topological polar surface area (TPSA) is 84.6 Å². The summed E-state index contributed by atoms with van der Waals surface area (Å²) < 4.78 is 5.10. The summed E-state index contributed by atoms with van der Waals surface area (Å²) in [7, 11) is 0. The number of ketones is 2. The second kappa shape index (κ2) is 5.53. The summed E-state index contributed by atoms with van der Waals surface area (Å²) in [6.07, 6.45) is 0. The lowest BCUT2D eigenvalue weighted by Gasteiger charge is -2.05. The molecule has 0 aliphatic heterocycles. The van der Waals surface area contributed by atoms with Crippen LogP contribution in [0.3, 0.4) is 0 Å². The molecule has 0 aliphatic carbocycles. The Hall–Kier alpha value is -3.21. The van der Waals surface area contributed by atoms with Gasteiger partial charge in [0.1, 0.15) is 16.9 Å². The zero-order chi connectivity index (χ0) is 16.6. The standard InChI is InChI=1S/C18H12O5/c1-10(19)13-7-12-8-14(17(21)11-5-3-2-4-6-11)18(22)23-16(12)9-15(13)20/h2-9,20H,1H3. The third-order valence-electron chi connectivity index (χ3n) is 3.51. The van der Waals surface area contributed by atoms with E-state index >= 15 is 0 Å². The van der Waals surface area contributed by atoms with Gasteiger partial charge in [0.25, 0.3) is 0 Å². The Balaban J connectivity index is 2.21. The molecule has 0 atom stereocenters. The number of fused-ring (bicyclic) bond motifs is 1. The summed E-state index contributed by atoms with van der Waals surface area (Å²) in [6.45, 7) is 1.32. The molecule has 0 radical (unpaired) electrons. The molecule has 0 bridgehead atoms. The minimum absolute atomic E-state index is 0.101. The number of phenolic OH excluding ortho intramolecular Hbond substituents is 1. The predicted octanol–water partition coefficient (Wildman–Crippen LogP) is 2.93. The van der Waals surface area contributed by atoms with E-state index in [-0.39, 0.29) is 28.2 Å². The Labute approximate surface area is 130 Å². The molecule has 5 nitrogen and oxygen atoms in total. The van der Waals surface area contributed by atoms with Crippen LogP contribution in [0.1, 0.15) is 33.2 Å². The molecule has 3 rings (SSSR count). The van der Waals surface area contributed by atoms with Gasteiger partial charge < -0.3 is 9.52 Å². The smallest absolute Gasteiger partial charge is 0.347 e. The molecule has 114 valence electrons. The lowest BCUT2D eigenvalue weighted by molar-refractivity contribution is 0.101. The van der Waals surface area contributed by atoms with Crippen LogP contribution in [-0.2, 0) is 0 Å². The Bertz CT molecular complexity index is 983. The SMILES string of the molecule is CC(=O)c1cc2cc(C(=O)c3ccccc3)c(=O)oc2cc1O. The molecule has 0 unspecified atom stereocenters. The van der Waals surface area contributed by atoms with Crippen molar-refractivity contribution in [3.8, 4) is 5.75 Å². The van der Waals surface area contributed by atoms with Crippen molar-refractivity contribution in [1.29, 1.82) is 0 Å². The third-order valence-corrected chi connectivity index (χ3v) is 3.51. The Morgan fingerprint density at radius 1 is 1.00 bits per heavy atom. The molecular formula is C18H12O5. The molecule has 23 heavy (non-hydrogen) atoms. The number of hydrogen-bond acceptors (Lipinski definition) is 5. The van der Waals surface area contributed by atoms with E-state index in [1.165, 1.54) is 25.1 Å². The lowest BCUT2D eigenvalue weighted by Crippen LogP contribution is -2.14. The maximum absolute atomic E-state index is 12.4. The van der Waals surface area contributed by atoms with Crippen LogP contribution in [0.15, 0.2) is 57.7 Å². The second-order valence-electron chi connectivity index (χ2n) is 5.11. The largest absolute Gasteiger partial charge is 0.507 e. The molecule has 0 saturated heterocycles. The Morgan fingerprint density at radius 2 is 1.65 bits per heavy atom. The average Bonchev–Trinajstić information content (AvgIpc) is 2.53. The van der Waals surface area contributed by atoms with Gasteiger partial charge in [-0.15, -0.1) is 0 Å². The van der Waals surface area contributed by atoms with E-state index in [4.69, 9.17) is 4.42 Å². The minimum atomic E-state index is -0.790. The molecule has 0 aliphatic rings. The molecule has 2 aromatic carbocycles. The number of rotatable bonds is 3. The van der Waals surface area contributed by atoms with Gasteiger partial charge in [-0.05, 0) is 19.1 Å². The fourth-order valence-electron chi connectivity index (χ4n) is 2.34. The summed E-state index contributed by atoms with van der Waals surface area (Å²) in [5, 5.41) is 10.2. The summed E-state index contributed by atoms with van der Waals surface area (Å²) in [4.78, 5) is 36.0. The number of carbonyl (C=O) groups is 2. The van der Waals surface area contributed by atoms with Crippen molar-refractivity contribution in [3.63, 3.8) is 0 Å². The highest BCUT2D eigenvalue weighted by molar-refractivity contribution is 6.10. The van der Waals surface area contributed by atoms with Crippen LogP contribution in [0.4, 0.5) is 0 Å². The second-order valence-corrected chi connectivity index (χ2v) is 5.11. The van der Waals surface area contributed by atoms with Gasteiger partial charge in [-0.3, -0.25) is 9.59 Å². The highest BCUT2D eigenvalue weighted by Crippen LogP contribution is 2.25. The number of carbonyl (C=O) groups excluding carboxylic acids is 2. The van der Waals surface area contributed by atoms with Crippen molar-refractivity contribution in [2.75, 3.05) is 0 Å². The van der Waals surface area contributed by atoms with Gasteiger partial charge in [-0.1, -0.05) is 30.3 Å². The monoisotopic (exact) mass is 308 g/mol. The van der Waals surface area contributed by atoms with Crippen LogP contribution in [0.2, 0.25) is 0 Å². The average molecular weight is 308 g/mol. The van der Waals surface area contributed by atoms with Crippen molar-refractivity contribution in [3.05, 3.63) is 75.6 Å². The predicted molar refractivity (Wildman–Crippen MR) is 84.0 cm³/mol. The molecule has 1 aromatic heterocycles. The van der Waals surface area contributed by atoms with Crippen molar-refractivity contribution >= 4 is 22.5 Å². The molecule has 0 amide bonds. The molecule has 5 heteroatoms. The van der Waals surface area contributed by atoms with E-state index in [2.05, 4.69) is 0 Å². The van der Waals surface area contributed by atoms with Crippen molar-refractivity contribution in [2.24, 2.45) is 0 Å². The zero-order valence-electron chi connectivity index (χ0n) is 12.2. The molecular weight excluding hydrogens is 296 g/mol. The highest BCUT2D eigenvalue weighted by atomic mass is 16.4. The van der Waals surface area contributed by atoms with Crippen molar-refractivity contribution < 1.29 is 19.1 Å². The van der Waals surface area contributed by atoms with E-state index in [1.54, 1.807) is 30.3 Å². The van der Waals surface area contributed by atoms with Gasteiger partial charge in [-0.2, -0.15) is 0 Å². The molecule has 0 saturated carbocycles. The van der Waals surface area contributed by atoms with Crippen molar-refractivity contribution in [1.82, 2.24) is 0 Å². The summed E-state index contributed by atoms with van der Waals surface area (Å²) >= 11 is 0. The maximum atomic E-state index is 12.4. The lowest BCUT2D eigenvalue weighted by atomic mass is 10.0. The summed E-state index contributed by atoms with van der Waals surface area (Å²) in [5.41, 5.74) is -0.332. The Morgan fingerprint density at radius 3 is 2.30 bits per heavy atom. The summed E-state index contributed by atoms with van der Waals surface area (Å²) in [6, 6.07) is 12.3. The van der Waals surface area contributed by atoms with Gasteiger partial charge >= 0.3 is 5.63 Å². The van der Waals surface area contributed by atoms with Gasteiger partial charge in [0.2, 0.25) is 0 Å². The molecule has 0 fully saturated rings. The minimum Gasteiger partial charge on any atom is -0.507 e. The van der Waals surface area contributed by atoms with E-state index in [0.717, 1.165) is 0 Å². The number of phenols is 1. The quantitative estimate of drug-likeness (QED) is 0.594. The Kier molecular flexibility index (Phi) is 3.54. The highest BCUT2D eigenvalue weighted by Gasteiger charge is 2.17. The van der Waals surface area contributed by atoms with E-state index < -0.39 is 11.4 Å². The zero-order valence-corrected chi connectivity index (χ0v) is 12.2. The van der Waals surface area contributed by atoms with E-state index in [9.17, 15) is 19.5 Å². The number of Topliss-reactive ketones (excluding diaryl/α,β-unsaturated/α-hetero) is 1. The number of hydrogen-bond donors (Lipinski definition) is 1. The number of aromatic hydroxyl groups is 1. The van der Waals surface area contributed by atoms with Gasteiger partial charge in [-0.25, -0.2) is 4.79 Å². The first-order valence-electron chi connectivity index (χ1n) is 6.89. The normalized spacial score (nSPS) is 10.7. The van der Waals surface area contributed by atoms with E-state index in [0.29, 0.717) is 10.9 Å². The van der Waals surface area contributed by atoms with Crippen LogP contribution >= 0.6 is 0 Å². The summed E-state index contributed by atoms with van der Waals surface area (Å²) in [5.74, 6) is -1.06. The van der Waals surface area contributed by atoms with Crippen LogP contribution in [0.25, 0.3) is 11.0 Å². The number of benzene rings is 2. The van der Waals surface area contributed by atoms with Crippen LogP contribution in [-0.4, -0.2) is 16.7 Å². The van der Waals surface area contributed by atoms with Gasteiger partial charge in [0.05, 0.1) is 5.56 Å². The first-order chi connectivity index (χ1) is 11.0. The first kappa shape index (κ1) is 14.7. The molecule has 1 heterocycles. The van der Waals surface area contributed by atoms with Crippen molar-refractivity contribution in [2.45, 2.75) is 6.92 Å².